The van der Waals surface area contributed by atoms with Gasteiger partial charge in [0.1, 0.15) is 5.82 Å². The minimum Gasteiger partial charge on any atom is -0.469 e. The van der Waals surface area contributed by atoms with E-state index in [1.807, 2.05) is 0 Å². The van der Waals surface area contributed by atoms with Crippen LogP contribution in [0.3, 0.4) is 0 Å². The zero-order valence-corrected chi connectivity index (χ0v) is 10.4. The standard InChI is InChI=1S/C12H14ClFO3/c1-3-7(12(16)17-2)11(15)10-8(13)5-4-6-9(10)14/h4-7,11,15H,3H2,1-2H3. The van der Waals surface area contributed by atoms with E-state index in [4.69, 9.17) is 11.6 Å². The van der Waals surface area contributed by atoms with Gasteiger partial charge in [-0.15, -0.1) is 0 Å². The van der Waals surface area contributed by atoms with Gasteiger partial charge in [-0.1, -0.05) is 24.6 Å². The number of carbonyl (C=O) groups excluding carboxylic acids is 1. The van der Waals surface area contributed by atoms with Crippen LogP contribution in [0.1, 0.15) is 25.0 Å². The lowest BCUT2D eigenvalue weighted by Gasteiger charge is -2.20. The number of hydrogen-bond donors (Lipinski definition) is 1. The molecule has 17 heavy (non-hydrogen) atoms. The number of methoxy groups -OCH3 is 1. The molecular weight excluding hydrogens is 247 g/mol. The third kappa shape index (κ3) is 2.96. The van der Waals surface area contributed by atoms with E-state index in [1.165, 1.54) is 25.3 Å². The third-order valence-corrected chi connectivity index (χ3v) is 2.95. The summed E-state index contributed by atoms with van der Waals surface area (Å²) in [6, 6.07) is 4.09. The molecule has 94 valence electrons. The van der Waals surface area contributed by atoms with E-state index in [0.717, 1.165) is 0 Å². The van der Waals surface area contributed by atoms with Crippen LogP contribution in [0, 0.1) is 11.7 Å². The van der Waals surface area contributed by atoms with Crippen LogP contribution < -0.4 is 0 Å². The number of aliphatic hydroxyl groups excluding tert-OH is 1. The van der Waals surface area contributed by atoms with E-state index in [-0.39, 0.29) is 10.6 Å². The zero-order chi connectivity index (χ0) is 13.0. The van der Waals surface area contributed by atoms with Crippen LogP contribution in [0.15, 0.2) is 18.2 Å². The Morgan fingerprint density at radius 1 is 1.59 bits per heavy atom. The van der Waals surface area contributed by atoms with Gasteiger partial charge in [0.05, 0.1) is 19.1 Å². The summed E-state index contributed by atoms with van der Waals surface area (Å²) in [5, 5.41) is 10.1. The van der Waals surface area contributed by atoms with Gasteiger partial charge in [-0.3, -0.25) is 4.79 Å². The normalized spacial score (nSPS) is 14.2. The van der Waals surface area contributed by atoms with Crippen molar-refractivity contribution < 1.29 is 19.0 Å². The van der Waals surface area contributed by atoms with E-state index < -0.39 is 23.8 Å². The highest BCUT2D eigenvalue weighted by atomic mass is 35.5. The lowest BCUT2D eigenvalue weighted by Crippen LogP contribution is -2.24. The molecule has 2 atom stereocenters. The molecule has 0 bridgehead atoms. The van der Waals surface area contributed by atoms with Crippen LogP contribution in [0.2, 0.25) is 5.02 Å². The van der Waals surface area contributed by atoms with Gasteiger partial charge in [0.2, 0.25) is 0 Å². The quantitative estimate of drug-likeness (QED) is 0.847. The van der Waals surface area contributed by atoms with E-state index in [2.05, 4.69) is 4.74 Å². The molecule has 0 heterocycles. The van der Waals surface area contributed by atoms with Crippen molar-refractivity contribution in [3.8, 4) is 0 Å². The predicted octanol–water partition coefficient (Wildman–Crippen LogP) is 2.71. The maximum absolute atomic E-state index is 13.6. The number of hydrogen-bond acceptors (Lipinski definition) is 3. The summed E-state index contributed by atoms with van der Waals surface area (Å²) in [5.74, 6) is -2.04. The summed E-state index contributed by atoms with van der Waals surface area (Å²) in [5.41, 5.74) is -0.0635. The lowest BCUT2D eigenvalue weighted by molar-refractivity contribution is -0.149. The topological polar surface area (TPSA) is 46.5 Å². The molecule has 0 aliphatic heterocycles. The summed E-state index contributed by atoms with van der Waals surface area (Å²) in [6.45, 7) is 1.71. The molecule has 5 heteroatoms. The van der Waals surface area contributed by atoms with Gasteiger partial charge < -0.3 is 9.84 Å². The number of esters is 1. The number of rotatable bonds is 4. The van der Waals surface area contributed by atoms with Crippen molar-refractivity contribution in [3.05, 3.63) is 34.6 Å². The minimum atomic E-state index is -1.30. The van der Waals surface area contributed by atoms with E-state index in [9.17, 15) is 14.3 Å². The molecule has 3 nitrogen and oxygen atoms in total. The molecule has 0 saturated carbocycles. The summed E-state index contributed by atoms with van der Waals surface area (Å²) in [7, 11) is 1.22. The smallest absolute Gasteiger partial charge is 0.311 e. The molecule has 0 aromatic heterocycles. The second-order valence-electron chi connectivity index (χ2n) is 3.62. The first-order valence-electron chi connectivity index (χ1n) is 5.22. The van der Waals surface area contributed by atoms with Crippen LogP contribution in [0.25, 0.3) is 0 Å². The zero-order valence-electron chi connectivity index (χ0n) is 9.61. The summed E-state index contributed by atoms with van der Waals surface area (Å²) >= 11 is 5.82. The molecule has 1 rings (SSSR count). The van der Waals surface area contributed by atoms with Gasteiger partial charge in [0.25, 0.3) is 0 Å². The Morgan fingerprint density at radius 2 is 2.24 bits per heavy atom. The van der Waals surface area contributed by atoms with Gasteiger partial charge in [-0.05, 0) is 18.6 Å². The van der Waals surface area contributed by atoms with Gasteiger partial charge in [-0.2, -0.15) is 0 Å². The van der Waals surface area contributed by atoms with Gasteiger partial charge in [0.15, 0.2) is 0 Å². The number of halogens is 2. The fourth-order valence-electron chi connectivity index (χ4n) is 1.66. The molecule has 0 spiro atoms. The van der Waals surface area contributed by atoms with E-state index in [1.54, 1.807) is 6.92 Å². The Hall–Kier alpha value is -1.13. The van der Waals surface area contributed by atoms with Crippen LogP contribution >= 0.6 is 11.6 Å². The average molecular weight is 261 g/mol. The van der Waals surface area contributed by atoms with Crippen LogP contribution in [-0.2, 0) is 9.53 Å². The van der Waals surface area contributed by atoms with Crippen LogP contribution in [0.4, 0.5) is 4.39 Å². The van der Waals surface area contributed by atoms with Gasteiger partial charge in [0, 0.05) is 10.6 Å². The Morgan fingerprint density at radius 3 is 2.71 bits per heavy atom. The Bertz CT molecular complexity index is 388. The first kappa shape index (κ1) is 13.9. The second kappa shape index (κ2) is 5.98. The fourth-order valence-corrected chi connectivity index (χ4v) is 1.94. The monoisotopic (exact) mass is 260 g/mol. The first-order chi connectivity index (χ1) is 8.02. The predicted molar refractivity (Wildman–Crippen MR) is 62.2 cm³/mol. The molecule has 1 aromatic carbocycles. The Balaban J connectivity index is 3.10. The summed E-state index contributed by atoms with van der Waals surface area (Å²) < 4.78 is 18.1. The van der Waals surface area contributed by atoms with Crippen LogP contribution in [0.5, 0.6) is 0 Å². The van der Waals surface area contributed by atoms with Crippen molar-refractivity contribution in [3.63, 3.8) is 0 Å². The minimum absolute atomic E-state index is 0.0635. The summed E-state index contributed by atoms with van der Waals surface area (Å²) in [4.78, 5) is 11.4. The molecule has 0 radical (unpaired) electrons. The van der Waals surface area contributed by atoms with E-state index >= 15 is 0 Å². The van der Waals surface area contributed by atoms with Crippen molar-refractivity contribution in [2.24, 2.45) is 5.92 Å². The lowest BCUT2D eigenvalue weighted by atomic mass is 9.93. The largest absolute Gasteiger partial charge is 0.469 e. The average Bonchev–Trinajstić information content (AvgIpc) is 2.29. The molecule has 1 N–H and O–H groups in total. The highest BCUT2D eigenvalue weighted by Gasteiger charge is 2.30. The van der Waals surface area contributed by atoms with Gasteiger partial charge >= 0.3 is 5.97 Å². The molecule has 0 saturated heterocycles. The molecule has 0 amide bonds. The fraction of sp³-hybridized carbons (Fsp3) is 0.417. The van der Waals surface area contributed by atoms with E-state index in [0.29, 0.717) is 6.42 Å². The number of benzene rings is 1. The van der Waals surface area contributed by atoms with Crippen LogP contribution in [-0.4, -0.2) is 18.2 Å². The van der Waals surface area contributed by atoms with Crippen molar-refractivity contribution in [2.45, 2.75) is 19.4 Å². The Labute approximate surface area is 104 Å². The molecular formula is C12H14ClFO3. The van der Waals surface area contributed by atoms with Gasteiger partial charge in [-0.25, -0.2) is 4.39 Å². The number of aliphatic hydroxyl groups is 1. The molecule has 0 aliphatic rings. The first-order valence-corrected chi connectivity index (χ1v) is 5.60. The van der Waals surface area contributed by atoms with Crippen molar-refractivity contribution in [2.75, 3.05) is 7.11 Å². The van der Waals surface area contributed by atoms with Crippen molar-refractivity contribution in [1.82, 2.24) is 0 Å². The summed E-state index contributed by atoms with van der Waals surface area (Å²) in [6.07, 6.45) is -0.973. The maximum Gasteiger partial charge on any atom is 0.311 e. The molecule has 1 aromatic rings. The third-order valence-electron chi connectivity index (χ3n) is 2.62. The SMILES string of the molecule is CCC(C(=O)OC)C(O)c1c(F)cccc1Cl. The number of ether oxygens (including phenoxy) is 1. The highest BCUT2D eigenvalue weighted by molar-refractivity contribution is 6.31. The molecule has 2 unspecified atom stereocenters. The second-order valence-corrected chi connectivity index (χ2v) is 4.03. The highest BCUT2D eigenvalue weighted by Crippen LogP contribution is 2.32. The number of carbonyl (C=O) groups is 1. The molecule has 0 aliphatic carbocycles. The maximum atomic E-state index is 13.6. The van der Waals surface area contributed by atoms with Crippen molar-refractivity contribution >= 4 is 17.6 Å². The van der Waals surface area contributed by atoms with Crippen molar-refractivity contribution in [1.29, 1.82) is 0 Å². The Kier molecular flexibility index (Phi) is 4.90. The molecule has 0 fully saturated rings.